The van der Waals surface area contributed by atoms with Gasteiger partial charge in [0, 0.05) is 16.1 Å². The second kappa shape index (κ2) is 15.4. The summed E-state index contributed by atoms with van der Waals surface area (Å²) in [6.07, 6.45) is 1.59. The lowest BCUT2D eigenvalue weighted by atomic mass is 10.0. The maximum Gasteiger partial charge on any atom is 0.411 e. The molecule has 49 heavy (non-hydrogen) atoms. The van der Waals surface area contributed by atoms with E-state index in [-0.39, 0.29) is 43.5 Å². The number of hydrogen-bond donors (Lipinski definition) is 1. The van der Waals surface area contributed by atoms with E-state index in [0.717, 1.165) is 28.7 Å². The Morgan fingerprint density at radius 2 is 1.51 bits per heavy atom. The third-order valence-corrected chi connectivity index (χ3v) is 8.17. The topological polar surface area (TPSA) is 100 Å². The standard InChI is InChI=1S/C40H32ClNO7/c1-2-20-46-38(43)25-48-31-15-10-26(11-16-31)23-47-32-17-12-27(13-18-32)39(44)36-22-30(41)14-19-37(36)42-40(45)49-24-29-7-5-9-34-33-8-4-3-6-28(33)21-35(29)34/h2-19,22H,1,20-21,23-25H2,(H,42,45). The third-order valence-electron chi connectivity index (χ3n) is 7.93. The normalized spacial score (nSPS) is 11.1. The summed E-state index contributed by atoms with van der Waals surface area (Å²) in [5.74, 6) is 0.279. The zero-order chi connectivity index (χ0) is 34.2. The SMILES string of the molecule is C=CCOC(=O)COc1ccc(COc2ccc(C(=O)c3cc(Cl)ccc3NC(=O)OCc3cccc4c3Cc3ccccc3-4)cc2)cc1. The number of fused-ring (bicyclic) bond motifs is 3. The average Bonchev–Trinajstić information content (AvgIpc) is 3.52. The second-order valence-electron chi connectivity index (χ2n) is 11.2. The first kappa shape index (κ1) is 33.1. The van der Waals surface area contributed by atoms with Gasteiger partial charge < -0.3 is 18.9 Å². The van der Waals surface area contributed by atoms with Crippen molar-refractivity contribution in [3.63, 3.8) is 0 Å². The van der Waals surface area contributed by atoms with E-state index in [9.17, 15) is 14.4 Å². The molecule has 1 aliphatic rings. The van der Waals surface area contributed by atoms with Gasteiger partial charge in [-0.3, -0.25) is 10.1 Å². The molecule has 5 aromatic rings. The molecule has 0 bridgehead atoms. The fraction of sp³-hybridized carbons (Fsp3) is 0.125. The fourth-order valence-electron chi connectivity index (χ4n) is 5.50. The molecule has 9 heteroatoms. The molecular formula is C40H32ClNO7. The molecule has 1 N–H and O–H groups in total. The van der Waals surface area contributed by atoms with Gasteiger partial charge in [0.25, 0.3) is 0 Å². The minimum absolute atomic E-state index is 0.0894. The van der Waals surface area contributed by atoms with E-state index >= 15 is 0 Å². The van der Waals surface area contributed by atoms with Crippen LogP contribution < -0.4 is 14.8 Å². The fourth-order valence-corrected chi connectivity index (χ4v) is 5.68. The zero-order valence-electron chi connectivity index (χ0n) is 26.4. The van der Waals surface area contributed by atoms with E-state index in [2.05, 4.69) is 30.1 Å². The highest BCUT2D eigenvalue weighted by Gasteiger charge is 2.22. The molecule has 0 saturated heterocycles. The predicted molar refractivity (Wildman–Crippen MR) is 187 cm³/mol. The number of carbonyl (C=O) groups excluding carboxylic acids is 3. The molecule has 1 aliphatic carbocycles. The molecule has 0 fully saturated rings. The van der Waals surface area contributed by atoms with Gasteiger partial charge in [0.05, 0.1) is 5.69 Å². The summed E-state index contributed by atoms with van der Waals surface area (Å²) in [4.78, 5) is 38.1. The van der Waals surface area contributed by atoms with Crippen molar-refractivity contribution in [2.24, 2.45) is 0 Å². The molecule has 246 valence electrons. The predicted octanol–water partition coefficient (Wildman–Crippen LogP) is 8.58. The molecule has 0 radical (unpaired) electrons. The molecule has 1 amide bonds. The quantitative estimate of drug-likeness (QED) is 0.0745. The Morgan fingerprint density at radius 1 is 0.776 bits per heavy atom. The molecule has 0 aromatic heterocycles. The van der Waals surface area contributed by atoms with Crippen LogP contribution in [0.2, 0.25) is 5.02 Å². The van der Waals surface area contributed by atoms with Gasteiger partial charge in [-0.15, -0.1) is 0 Å². The van der Waals surface area contributed by atoms with Crippen LogP contribution in [0.25, 0.3) is 11.1 Å². The minimum atomic E-state index is -0.682. The van der Waals surface area contributed by atoms with Gasteiger partial charge in [-0.05, 0) is 94.4 Å². The number of rotatable bonds is 13. The third kappa shape index (κ3) is 8.17. The van der Waals surface area contributed by atoms with E-state index in [1.54, 1.807) is 48.5 Å². The molecule has 0 saturated carbocycles. The first-order valence-electron chi connectivity index (χ1n) is 15.6. The van der Waals surface area contributed by atoms with Crippen molar-refractivity contribution in [1.29, 1.82) is 0 Å². The molecule has 0 heterocycles. The highest BCUT2D eigenvalue weighted by Crippen LogP contribution is 2.38. The number of hydrogen-bond acceptors (Lipinski definition) is 7. The van der Waals surface area contributed by atoms with Crippen molar-refractivity contribution >= 4 is 35.1 Å². The number of ether oxygens (including phenoxy) is 4. The lowest BCUT2D eigenvalue weighted by Gasteiger charge is -2.13. The Kier molecular flexibility index (Phi) is 10.4. The Hall–Kier alpha value is -5.86. The monoisotopic (exact) mass is 673 g/mol. The van der Waals surface area contributed by atoms with Gasteiger partial charge >= 0.3 is 12.1 Å². The molecular weight excluding hydrogens is 642 g/mol. The lowest BCUT2D eigenvalue weighted by Crippen LogP contribution is -2.17. The Balaban J connectivity index is 1.04. The summed E-state index contributed by atoms with van der Waals surface area (Å²) in [5, 5.41) is 3.07. The van der Waals surface area contributed by atoms with Crippen LogP contribution in [-0.4, -0.2) is 31.1 Å². The van der Waals surface area contributed by atoms with E-state index < -0.39 is 12.1 Å². The van der Waals surface area contributed by atoms with Crippen LogP contribution in [0.3, 0.4) is 0 Å². The van der Waals surface area contributed by atoms with Crippen molar-refractivity contribution in [3.8, 4) is 22.6 Å². The number of ketones is 1. The largest absolute Gasteiger partial charge is 0.489 e. The second-order valence-corrected chi connectivity index (χ2v) is 11.7. The van der Waals surface area contributed by atoms with Gasteiger partial charge in [0.15, 0.2) is 12.4 Å². The highest BCUT2D eigenvalue weighted by molar-refractivity contribution is 6.31. The first-order chi connectivity index (χ1) is 23.9. The van der Waals surface area contributed by atoms with Gasteiger partial charge in [-0.2, -0.15) is 0 Å². The number of benzene rings is 5. The maximum atomic E-state index is 13.5. The molecule has 0 atom stereocenters. The van der Waals surface area contributed by atoms with Gasteiger partial charge in [-0.1, -0.05) is 78.9 Å². The van der Waals surface area contributed by atoms with Crippen molar-refractivity contribution < 1.29 is 33.3 Å². The van der Waals surface area contributed by atoms with E-state index in [1.807, 2.05) is 36.4 Å². The molecule has 0 aliphatic heterocycles. The van der Waals surface area contributed by atoms with Gasteiger partial charge in [0.2, 0.25) is 0 Å². The number of esters is 1. The minimum Gasteiger partial charge on any atom is -0.489 e. The van der Waals surface area contributed by atoms with Crippen LogP contribution in [0.4, 0.5) is 10.5 Å². The highest BCUT2D eigenvalue weighted by atomic mass is 35.5. The van der Waals surface area contributed by atoms with Crippen molar-refractivity contribution in [2.75, 3.05) is 18.5 Å². The number of halogens is 1. The van der Waals surface area contributed by atoms with Gasteiger partial charge in [0.1, 0.15) is 31.3 Å². The molecule has 0 spiro atoms. The molecule has 8 nitrogen and oxygen atoms in total. The Labute approximate surface area is 288 Å². The van der Waals surface area contributed by atoms with Crippen molar-refractivity contribution in [3.05, 3.63) is 160 Å². The van der Waals surface area contributed by atoms with Crippen LogP contribution >= 0.6 is 11.6 Å². The molecule has 6 rings (SSSR count). The van der Waals surface area contributed by atoms with E-state index in [1.165, 1.54) is 23.3 Å². The van der Waals surface area contributed by atoms with E-state index in [0.29, 0.717) is 22.1 Å². The molecule has 5 aromatic carbocycles. The van der Waals surface area contributed by atoms with Crippen LogP contribution in [0, 0.1) is 0 Å². The Bertz CT molecular complexity index is 2010. The van der Waals surface area contributed by atoms with Crippen molar-refractivity contribution in [1.82, 2.24) is 0 Å². The van der Waals surface area contributed by atoms with Gasteiger partial charge in [-0.25, -0.2) is 9.59 Å². The maximum absolute atomic E-state index is 13.5. The van der Waals surface area contributed by atoms with Crippen LogP contribution in [-0.2, 0) is 33.9 Å². The summed E-state index contributed by atoms with van der Waals surface area (Å²) in [6, 6.07) is 32.8. The summed E-state index contributed by atoms with van der Waals surface area (Å²) in [7, 11) is 0. The van der Waals surface area contributed by atoms with E-state index in [4.69, 9.17) is 30.5 Å². The number of nitrogens with one attached hydrogen (secondary N) is 1. The number of amides is 1. The average molecular weight is 674 g/mol. The number of anilines is 1. The lowest BCUT2D eigenvalue weighted by molar-refractivity contribution is -0.144. The smallest absolute Gasteiger partial charge is 0.411 e. The summed E-state index contributed by atoms with van der Waals surface area (Å²) in [5.41, 5.74) is 7.46. The molecule has 0 unspecified atom stereocenters. The van der Waals surface area contributed by atoms with Crippen molar-refractivity contribution in [2.45, 2.75) is 19.6 Å². The number of carbonyl (C=O) groups is 3. The van der Waals surface area contributed by atoms with Crippen LogP contribution in [0.1, 0.15) is 38.2 Å². The zero-order valence-corrected chi connectivity index (χ0v) is 27.2. The summed E-state index contributed by atoms with van der Waals surface area (Å²) >= 11 is 6.25. The summed E-state index contributed by atoms with van der Waals surface area (Å²) < 4.78 is 21.8. The Morgan fingerprint density at radius 3 is 2.31 bits per heavy atom. The van der Waals surface area contributed by atoms with Crippen LogP contribution in [0.5, 0.6) is 11.5 Å². The van der Waals surface area contributed by atoms with Crippen LogP contribution in [0.15, 0.2) is 122 Å². The summed E-state index contributed by atoms with van der Waals surface area (Å²) in [6.45, 7) is 3.80. The first-order valence-corrected chi connectivity index (χ1v) is 15.9.